The highest BCUT2D eigenvalue weighted by molar-refractivity contribution is 14.0. The van der Waals surface area contributed by atoms with Crippen LogP contribution in [-0.4, -0.2) is 62.8 Å². The summed E-state index contributed by atoms with van der Waals surface area (Å²) in [5.41, 5.74) is 2.86. The van der Waals surface area contributed by atoms with Gasteiger partial charge in [-0.05, 0) is 44.7 Å². The second kappa shape index (κ2) is 10.3. The van der Waals surface area contributed by atoms with Crippen LogP contribution in [0.5, 0.6) is 0 Å². The van der Waals surface area contributed by atoms with E-state index in [1.807, 2.05) is 7.05 Å². The fraction of sp³-hybridized carbons (Fsp3) is 0.650. The maximum atomic E-state index is 5.74. The fourth-order valence-electron chi connectivity index (χ4n) is 4.06. The first-order valence-electron chi connectivity index (χ1n) is 9.64. The third-order valence-corrected chi connectivity index (χ3v) is 5.34. The number of hydrogen-bond acceptors (Lipinski definition) is 3. The minimum Gasteiger partial charge on any atom is -0.378 e. The number of benzene rings is 1. The summed E-state index contributed by atoms with van der Waals surface area (Å²) < 4.78 is 5.74. The van der Waals surface area contributed by atoms with E-state index in [4.69, 9.17) is 4.74 Å². The fourth-order valence-corrected chi connectivity index (χ4v) is 4.06. The molecule has 2 aliphatic heterocycles. The number of nitrogens with zero attached hydrogens (tertiary/aromatic N) is 3. The van der Waals surface area contributed by atoms with E-state index in [0.717, 1.165) is 58.0 Å². The van der Waals surface area contributed by atoms with Crippen molar-refractivity contribution in [2.45, 2.75) is 45.3 Å². The first-order valence-corrected chi connectivity index (χ1v) is 9.64. The molecule has 0 radical (unpaired) electrons. The zero-order chi connectivity index (χ0) is 17.6. The Balaban J connectivity index is 0.00000243. The summed E-state index contributed by atoms with van der Waals surface area (Å²) in [5, 5.41) is 3.56. The first-order chi connectivity index (χ1) is 12.2. The van der Waals surface area contributed by atoms with Crippen molar-refractivity contribution in [3.63, 3.8) is 0 Å². The molecule has 1 unspecified atom stereocenters. The molecule has 0 spiro atoms. The molecular weight excluding hydrogens is 439 g/mol. The molecule has 1 atom stereocenters. The highest BCUT2D eigenvalue weighted by Gasteiger charge is 2.25. The quantitative estimate of drug-likeness (QED) is 0.406. The highest BCUT2D eigenvalue weighted by atomic mass is 127. The highest BCUT2D eigenvalue weighted by Crippen LogP contribution is 2.31. The van der Waals surface area contributed by atoms with Gasteiger partial charge < -0.3 is 19.9 Å². The standard InChI is InChI=1S/C20H32N4O.HI/c1-4-25-18-9-12-23(13-10-18)20(21-3)22-11-14-24-16(2)15-17-7-5-6-8-19(17)24;/h5-8,16,18H,4,9-15H2,1-3H3,(H,21,22);1H. The van der Waals surface area contributed by atoms with Crippen molar-refractivity contribution in [3.8, 4) is 0 Å². The Morgan fingerprint density at radius 3 is 2.69 bits per heavy atom. The van der Waals surface area contributed by atoms with E-state index in [9.17, 15) is 0 Å². The average Bonchev–Trinajstić information content (AvgIpc) is 2.95. The van der Waals surface area contributed by atoms with Gasteiger partial charge in [-0.25, -0.2) is 0 Å². The lowest BCUT2D eigenvalue weighted by Crippen LogP contribution is -2.48. The van der Waals surface area contributed by atoms with Crippen LogP contribution < -0.4 is 10.2 Å². The second-order valence-electron chi connectivity index (χ2n) is 6.99. The maximum absolute atomic E-state index is 5.74. The monoisotopic (exact) mass is 472 g/mol. The Bertz CT molecular complexity index is 587. The predicted molar refractivity (Wildman–Crippen MR) is 120 cm³/mol. The zero-order valence-corrected chi connectivity index (χ0v) is 18.6. The van der Waals surface area contributed by atoms with Crippen molar-refractivity contribution >= 4 is 35.6 Å². The largest absolute Gasteiger partial charge is 0.378 e. The van der Waals surface area contributed by atoms with E-state index in [2.05, 4.69) is 58.2 Å². The van der Waals surface area contributed by atoms with Gasteiger partial charge in [0.1, 0.15) is 0 Å². The Kier molecular flexibility index (Phi) is 8.47. The molecule has 5 nitrogen and oxygen atoms in total. The maximum Gasteiger partial charge on any atom is 0.193 e. The minimum absolute atomic E-state index is 0. The van der Waals surface area contributed by atoms with E-state index in [1.54, 1.807) is 0 Å². The Labute approximate surface area is 175 Å². The summed E-state index contributed by atoms with van der Waals surface area (Å²) in [6, 6.07) is 9.34. The molecule has 26 heavy (non-hydrogen) atoms. The molecule has 2 aliphatic rings. The van der Waals surface area contributed by atoms with Crippen LogP contribution in [0.2, 0.25) is 0 Å². The molecule has 6 heteroatoms. The number of rotatable bonds is 5. The van der Waals surface area contributed by atoms with Crippen molar-refractivity contribution in [2.24, 2.45) is 4.99 Å². The normalized spacial score (nSPS) is 20.7. The molecule has 0 bridgehead atoms. The number of halogens is 1. The minimum atomic E-state index is 0. The molecule has 1 N–H and O–H groups in total. The topological polar surface area (TPSA) is 40.1 Å². The smallest absolute Gasteiger partial charge is 0.193 e. The van der Waals surface area contributed by atoms with Crippen molar-refractivity contribution in [1.29, 1.82) is 0 Å². The van der Waals surface area contributed by atoms with Crippen LogP contribution in [0.25, 0.3) is 0 Å². The van der Waals surface area contributed by atoms with Crippen molar-refractivity contribution in [1.82, 2.24) is 10.2 Å². The van der Waals surface area contributed by atoms with Gasteiger partial charge in [0.05, 0.1) is 6.10 Å². The van der Waals surface area contributed by atoms with E-state index < -0.39 is 0 Å². The van der Waals surface area contributed by atoms with E-state index in [1.165, 1.54) is 11.3 Å². The molecule has 1 fully saturated rings. The number of para-hydroxylation sites is 1. The molecule has 1 aromatic carbocycles. The Hall–Kier alpha value is -1.02. The molecule has 0 aliphatic carbocycles. The zero-order valence-electron chi connectivity index (χ0n) is 16.3. The summed E-state index contributed by atoms with van der Waals surface area (Å²) in [5.74, 6) is 1.02. The number of anilines is 1. The molecule has 3 rings (SSSR count). The van der Waals surface area contributed by atoms with Gasteiger partial charge in [0.2, 0.25) is 0 Å². The number of guanidine groups is 1. The first kappa shape index (κ1) is 21.3. The summed E-state index contributed by atoms with van der Waals surface area (Å²) in [4.78, 5) is 9.35. The number of likely N-dealkylation sites (tertiary alicyclic amines) is 1. The molecule has 1 aromatic rings. The summed E-state index contributed by atoms with van der Waals surface area (Å²) in [6.45, 7) is 9.16. The van der Waals surface area contributed by atoms with Crippen LogP contribution in [0.3, 0.4) is 0 Å². The van der Waals surface area contributed by atoms with Crippen molar-refractivity contribution in [3.05, 3.63) is 29.8 Å². The van der Waals surface area contributed by atoms with Crippen LogP contribution in [0, 0.1) is 0 Å². The van der Waals surface area contributed by atoms with E-state index in [0.29, 0.717) is 12.1 Å². The molecular formula is C20H33IN4O. The summed E-state index contributed by atoms with van der Waals surface area (Å²) >= 11 is 0. The van der Waals surface area contributed by atoms with Crippen LogP contribution >= 0.6 is 24.0 Å². The van der Waals surface area contributed by atoms with Crippen molar-refractivity contribution in [2.75, 3.05) is 44.7 Å². The number of hydrogen-bond donors (Lipinski definition) is 1. The number of nitrogens with one attached hydrogen (secondary N) is 1. The number of piperidine rings is 1. The van der Waals surface area contributed by atoms with Gasteiger partial charge >= 0.3 is 0 Å². The number of aliphatic imine (C=N–C) groups is 1. The SMILES string of the molecule is CCOC1CCN(C(=NC)NCCN2c3ccccc3CC2C)CC1.I. The van der Waals surface area contributed by atoms with Gasteiger partial charge in [-0.1, -0.05) is 18.2 Å². The lowest BCUT2D eigenvalue weighted by atomic mass is 10.1. The molecule has 0 aromatic heterocycles. The van der Waals surface area contributed by atoms with Gasteiger partial charge in [-0.2, -0.15) is 0 Å². The Morgan fingerprint density at radius 2 is 2.00 bits per heavy atom. The molecule has 1 saturated heterocycles. The van der Waals surface area contributed by atoms with Gasteiger partial charge in [-0.15, -0.1) is 24.0 Å². The predicted octanol–water partition coefficient (Wildman–Crippen LogP) is 3.13. The third kappa shape index (κ3) is 5.03. The Morgan fingerprint density at radius 1 is 1.27 bits per heavy atom. The van der Waals surface area contributed by atoms with E-state index in [-0.39, 0.29) is 24.0 Å². The molecule has 2 heterocycles. The third-order valence-electron chi connectivity index (χ3n) is 5.34. The van der Waals surface area contributed by atoms with Gasteiger partial charge in [0, 0.05) is 51.6 Å². The molecule has 0 amide bonds. The number of ether oxygens (including phenoxy) is 1. The van der Waals surface area contributed by atoms with E-state index >= 15 is 0 Å². The summed E-state index contributed by atoms with van der Waals surface area (Å²) in [7, 11) is 1.88. The van der Waals surface area contributed by atoms with Crippen LogP contribution in [0.1, 0.15) is 32.3 Å². The molecule has 0 saturated carbocycles. The van der Waals surface area contributed by atoms with Gasteiger partial charge in [-0.3, -0.25) is 4.99 Å². The van der Waals surface area contributed by atoms with Crippen molar-refractivity contribution < 1.29 is 4.74 Å². The lowest BCUT2D eigenvalue weighted by Gasteiger charge is -2.34. The summed E-state index contributed by atoms with van der Waals surface area (Å²) in [6.07, 6.45) is 3.74. The van der Waals surface area contributed by atoms with Crippen LogP contribution in [0.4, 0.5) is 5.69 Å². The molecule has 146 valence electrons. The van der Waals surface area contributed by atoms with Crippen LogP contribution in [-0.2, 0) is 11.2 Å². The lowest BCUT2D eigenvalue weighted by molar-refractivity contribution is 0.0264. The van der Waals surface area contributed by atoms with Gasteiger partial charge in [0.15, 0.2) is 5.96 Å². The average molecular weight is 472 g/mol. The number of fused-ring (bicyclic) bond motifs is 1. The second-order valence-corrected chi connectivity index (χ2v) is 6.99. The van der Waals surface area contributed by atoms with Gasteiger partial charge in [0.25, 0.3) is 0 Å². The van der Waals surface area contributed by atoms with Crippen LogP contribution in [0.15, 0.2) is 29.3 Å².